The van der Waals surface area contributed by atoms with Crippen LogP contribution in [0.2, 0.25) is 10.0 Å². The van der Waals surface area contributed by atoms with Crippen molar-refractivity contribution in [3.8, 4) is 5.75 Å². The molecule has 0 radical (unpaired) electrons. The number of benzene rings is 2. The van der Waals surface area contributed by atoms with E-state index in [1.807, 2.05) is 6.07 Å². The SMILES string of the molecule is O=C(N/N=C/c1c(Cl)ccc(Cl)c1O)c1ccccc1. The van der Waals surface area contributed by atoms with Gasteiger partial charge >= 0.3 is 0 Å². The molecule has 0 heterocycles. The van der Waals surface area contributed by atoms with Crippen LogP contribution in [-0.2, 0) is 0 Å². The number of carbonyl (C=O) groups excluding carboxylic acids is 1. The molecule has 0 aliphatic carbocycles. The largest absolute Gasteiger partial charge is 0.506 e. The van der Waals surface area contributed by atoms with Crippen molar-refractivity contribution < 1.29 is 9.90 Å². The van der Waals surface area contributed by atoms with Crippen LogP contribution < -0.4 is 5.43 Å². The Morgan fingerprint density at radius 3 is 2.45 bits per heavy atom. The molecule has 0 bridgehead atoms. The zero-order chi connectivity index (χ0) is 14.5. The molecule has 1 amide bonds. The number of phenolic OH excluding ortho intramolecular Hbond substituents is 1. The lowest BCUT2D eigenvalue weighted by Crippen LogP contribution is -2.17. The number of nitrogens with one attached hydrogen (secondary N) is 1. The van der Waals surface area contributed by atoms with Gasteiger partial charge in [0.15, 0.2) is 0 Å². The van der Waals surface area contributed by atoms with Gasteiger partial charge in [-0.25, -0.2) is 5.43 Å². The maximum atomic E-state index is 11.7. The predicted octanol–water partition coefficient (Wildman–Crippen LogP) is 3.46. The maximum absolute atomic E-state index is 11.7. The molecule has 0 unspecified atom stereocenters. The summed E-state index contributed by atoms with van der Waals surface area (Å²) in [6.45, 7) is 0. The molecule has 6 heteroatoms. The average Bonchev–Trinajstić information content (AvgIpc) is 2.47. The van der Waals surface area contributed by atoms with Crippen molar-refractivity contribution in [2.45, 2.75) is 0 Å². The van der Waals surface area contributed by atoms with Gasteiger partial charge in [0.25, 0.3) is 5.91 Å². The molecule has 0 saturated heterocycles. The van der Waals surface area contributed by atoms with E-state index >= 15 is 0 Å². The predicted molar refractivity (Wildman–Crippen MR) is 79.6 cm³/mol. The second-order valence-electron chi connectivity index (χ2n) is 3.86. The summed E-state index contributed by atoms with van der Waals surface area (Å²) >= 11 is 11.7. The van der Waals surface area contributed by atoms with Crippen molar-refractivity contribution in [3.63, 3.8) is 0 Å². The van der Waals surface area contributed by atoms with E-state index in [-0.39, 0.29) is 27.3 Å². The van der Waals surface area contributed by atoms with Gasteiger partial charge in [0.1, 0.15) is 5.75 Å². The number of hydrazone groups is 1. The number of hydrogen-bond acceptors (Lipinski definition) is 3. The Morgan fingerprint density at radius 1 is 1.10 bits per heavy atom. The number of amides is 1. The number of carbonyl (C=O) groups is 1. The minimum atomic E-state index is -0.362. The highest BCUT2D eigenvalue weighted by Crippen LogP contribution is 2.31. The molecule has 0 atom stereocenters. The van der Waals surface area contributed by atoms with Crippen LogP contribution in [0.15, 0.2) is 47.6 Å². The molecule has 0 aromatic heterocycles. The Labute approximate surface area is 125 Å². The van der Waals surface area contributed by atoms with Gasteiger partial charge in [0.05, 0.1) is 21.8 Å². The zero-order valence-electron chi connectivity index (χ0n) is 10.2. The summed E-state index contributed by atoms with van der Waals surface area (Å²) in [7, 11) is 0. The molecule has 2 rings (SSSR count). The van der Waals surface area contributed by atoms with E-state index < -0.39 is 0 Å². The van der Waals surface area contributed by atoms with Crippen LogP contribution in [0.1, 0.15) is 15.9 Å². The molecule has 0 saturated carbocycles. The normalized spacial score (nSPS) is 10.7. The molecule has 2 N–H and O–H groups in total. The maximum Gasteiger partial charge on any atom is 0.271 e. The highest BCUT2D eigenvalue weighted by molar-refractivity contribution is 6.36. The third-order valence-corrected chi connectivity index (χ3v) is 3.14. The Hall–Kier alpha value is -2.04. The summed E-state index contributed by atoms with van der Waals surface area (Å²) in [5, 5.41) is 13.9. The summed E-state index contributed by atoms with van der Waals surface area (Å²) < 4.78 is 0. The zero-order valence-corrected chi connectivity index (χ0v) is 11.7. The lowest BCUT2D eigenvalue weighted by Gasteiger charge is -2.03. The van der Waals surface area contributed by atoms with Gasteiger partial charge < -0.3 is 5.11 Å². The summed E-state index contributed by atoms with van der Waals surface area (Å²) in [6, 6.07) is 11.6. The smallest absolute Gasteiger partial charge is 0.271 e. The molecule has 4 nitrogen and oxygen atoms in total. The van der Waals surface area contributed by atoms with E-state index in [1.165, 1.54) is 18.3 Å². The topological polar surface area (TPSA) is 61.7 Å². The molecule has 2 aromatic rings. The van der Waals surface area contributed by atoms with Crippen LogP contribution in [0.3, 0.4) is 0 Å². The van der Waals surface area contributed by atoms with Crippen LogP contribution in [-0.4, -0.2) is 17.2 Å². The lowest BCUT2D eigenvalue weighted by atomic mass is 10.2. The second-order valence-corrected chi connectivity index (χ2v) is 4.67. The number of halogens is 2. The second kappa shape index (κ2) is 6.41. The minimum Gasteiger partial charge on any atom is -0.506 e. The van der Waals surface area contributed by atoms with Crippen LogP contribution >= 0.6 is 23.2 Å². The highest BCUT2D eigenvalue weighted by atomic mass is 35.5. The monoisotopic (exact) mass is 308 g/mol. The minimum absolute atomic E-state index is 0.158. The van der Waals surface area contributed by atoms with Gasteiger partial charge in [-0.3, -0.25) is 4.79 Å². The molecular formula is C14H10Cl2N2O2. The summed E-state index contributed by atoms with van der Waals surface area (Å²) in [6.07, 6.45) is 1.24. The van der Waals surface area contributed by atoms with E-state index in [9.17, 15) is 9.90 Å². The third kappa shape index (κ3) is 3.29. The first-order valence-electron chi connectivity index (χ1n) is 5.65. The molecule has 0 spiro atoms. The molecule has 2 aromatic carbocycles. The molecule has 0 aliphatic heterocycles. The van der Waals surface area contributed by atoms with E-state index in [2.05, 4.69) is 10.5 Å². The van der Waals surface area contributed by atoms with Crippen molar-refractivity contribution in [1.29, 1.82) is 0 Å². The first kappa shape index (κ1) is 14.4. The molecule has 0 aliphatic rings. The van der Waals surface area contributed by atoms with Gasteiger partial charge in [-0.15, -0.1) is 0 Å². The van der Waals surface area contributed by atoms with Crippen molar-refractivity contribution in [3.05, 3.63) is 63.6 Å². The van der Waals surface area contributed by atoms with Crippen LogP contribution in [0.4, 0.5) is 0 Å². The highest BCUT2D eigenvalue weighted by Gasteiger charge is 2.08. The van der Waals surface area contributed by atoms with Gasteiger partial charge in [-0.2, -0.15) is 5.10 Å². The third-order valence-electron chi connectivity index (χ3n) is 2.51. The van der Waals surface area contributed by atoms with Crippen LogP contribution in [0, 0.1) is 0 Å². The van der Waals surface area contributed by atoms with Gasteiger partial charge in [0.2, 0.25) is 0 Å². The van der Waals surface area contributed by atoms with E-state index in [0.29, 0.717) is 5.56 Å². The number of aromatic hydroxyl groups is 1. The Balaban J connectivity index is 2.12. The van der Waals surface area contributed by atoms with Gasteiger partial charge in [-0.05, 0) is 24.3 Å². The number of rotatable bonds is 3. The number of hydrogen-bond donors (Lipinski definition) is 2. The quantitative estimate of drug-likeness (QED) is 0.674. The summed E-state index contributed by atoms with van der Waals surface area (Å²) in [5.74, 6) is -0.545. The molecule has 0 fully saturated rings. The van der Waals surface area contributed by atoms with E-state index in [0.717, 1.165) is 0 Å². The van der Waals surface area contributed by atoms with Crippen LogP contribution in [0.25, 0.3) is 0 Å². The summed E-state index contributed by atoms with van der Waals surface area (Å²) in [4.78, 5) is 11.7. The first-order chi connectivity index (χ1) is 9.59. The van der Waals surface area contributed by atoms with Crippen molar-refractivity contribution >= 4 is 35.3 Å². The van der Waals surface area contributed by atoms with Crippen molar-refractivity contribution in [2.75, 3.05) is 0 Å². The average molecular weight is 309 g/mol. The molecule has 102 valence electrons. The van der Waals surface area contributed by atoms with E-state index in [4.69, 9.17) is 23.2 Å². The van der Waals surface area contributed by atoms with Crippen LogP contribution in [0.5, 0.6) is 5.75 Å². The standard InChI is InChI=1S/C14H10Cl2N2O2/c15-11-6-7-12(16)13(19)10(11)8-17-18-14(20)9-4-2-1-3-5-9/h1-8,19H,(H,18,20)/b17-8+. The molecule has 20 heavy (non-hydrogen) atoms. The fourth-order valence-electron chi connectivity index (χ4n) is 1.49. The van der Waals surface area contributed by atoms with Crippen molar-refractivity contribution in [1.82, 2.24) is 5.43 Å². The van der Waals surface area contributed by atoms with Gasteiger partial charge in [-0.1, -0.05) is 41.4 Å². The fourth-order valence-corrected chi connectivity index (χ4v) is 1.86. The Morgan fingerprint density at radius 2 is 1.75 bits per heavy atom. The van der Waals surface area contributed by atoms with E-state index in [1.54, 1.807) is 24.3 Å². The number of nitrogens with zero attached hydrogens (tertiary/aromatic N) is 1. The van der Waals surface area contributed by atoms with Gasteiger partial charge in [0, 0.05) is 5.56 Å². The van der Waals surface area contributed by atoms with Crippen molar-refractivity contribution in [2.24, 2.45) is 5.10 Å². The summed E-state index contributed by atoms with van der Waals surface area (Å²) in [5.41, 5.74) is 3.06. The first-order valence-corrected chi connectivity index (χ1v) is 6.40. The lowest BCUT2D eigenvalue weighted by molar-refractivity contribution is 0.0955. The molecular weight excluding hydrogens is 299 g/mol. The number of phenols is 1. The Bertz CT molecular complexity index is 658. The Kier molecular flexibility index (Phi) is 4.61. The fraction of sp³-hybridized carbons (Fsp3) is 0.